The molecule has 12 heavy (non-hydrogen) atoms. The normalized spacial score (nSPS) is 30.6. The molecule has 0 radical (unpaired) electrons. The van der Waals surface area contributed by atoms with Crippen molar-refractivity contribution in [2.45, 2.75) is 18.9 Å². The third kappa shape index (κ3) is 1.73. The smallest absolute Gasteiger partial charge is 0.325 e. The summed E-state index contributed by atoms with van der Waals surface area (Å²) >= 11 is 0. The molecule has 5 heteroatoms. The first-order valence-electron chi connectivity index (χ1n) is 3.80. The molecule has 1 saturated heterocycles. The fourth-order valence-corrected chi connectivity index (χ4v) is 1.03. The fraction of sp³-hybridized carbons (Fsp3) is 0.714. The molecule has 0 spiro atoms. The Hall–Kier alpha value is -1.10. The predicted octanol–water partition coefficient (Wildman–Crippen LogP) is -1.06. The number of aliphatic carboxylic acids is 1. The average Bonchev–Trinajstić information content (AvgIpc) is 2.15. The highest BCUT2D eigenvalue weighted by molar-refractivity contribution is 5.82. The molecule has 0 bridgehead atoms. The van der Waals surface area contributed by atoms with Crippen LogP contribution in [0.25, 0.3) is 0 Å². The van der Waals surface area contributed by atoms with E-state index in [1.165, 1.54) is 0 Å². The van der Waals surface area contributed by atoms with E-state index in [2.05, 4.69) is 10.6 Å². The van der Waals surface area contributed by atoms with Crippen molar-refractivity contribution in [2.24, 2.45) is 0 Å². The van der Waals surface area contributed by atoms with Crippen LogP contribution in [0, 0.1) is 0 Å². The summed E-state index contributed by atoms with van der Waals surface area (Å²) in [5, 5.41) is 14.1. The molecule has 1 fully saturated rings. The van der Waals surface area contributed by atoms with Crippen molar-refractivity contribution < 1.29 is 14.7 Å². The molecule has 1 rings (SSSR count). The zero-order valence-corrected chi connectivity index (χ0v) is 6.89. The van der Waals surface area contributed by atoms with Crippen LogP contribution in [0.5, 0.6) is 0 Å². The zero-order valence-electron chi connectivity index (χ0n) is 6.89. The van der Waals surface area contributed by atoms with Crippen LogP contribution >= 0.6 is 0 Å². The molecule has 1 atom stereocenters. The second kappa shape index (κ2) is 3.10. The molecule has 1 amide bonds. The third-order valence-corrected chi connectivity index (χ3v) is 1.98. The largest absolute Gasteiger partial charge is 0.480 e. The van der Waals surface area contributed by atoms with E-state index in [0.717, 1.165) is 0 Å². The van der Waals surface area contributed by atoms with Gasteiger partial charge in [0.25, 0.3) is 0 Å². The molecule has 0 aliphatic carbocycles. The molecule has 1 heterocycles. The molecule has 0 aromatic carbocycles. The first-order valence-corrected chi connectivity index (χ1v) is 3.80. The van der Waals surface area contributed by atoms with Gasteiger partial charge in [-0.25, -0.2) is 0 Å². The van der Waals surface area contributed by atoms with Gasteiger partial charge in [-0.2, -0.15) is 0 Å². The fourth-order valence-electron chi connectivity index (χ4n) is 1.03. The van der Waals surface area contributed by atoms with E-state index < -0.39 is 11.5 Å². The minimum atomic E-state index is -1.02. The van der Waals surface area contributed by atoms with E-state index in [9.17, 15) is 9.59 Å². The van der Waals surface area contributed by atoms with Crippen LogP contribution in [0.2, 0.25) is 0 Å². The first kappa shape index (κ1) is 8.99. The van der Waals surface area contributed by atoms with Crippen LogP contribution < -0.4 is 10.6 Å². The lowest BCUT2D eigenvalue weighted by atomic mass is 10.0. The van der Waals surface area contributed by atoms with Crippen LogP contribution in [-0.2, 0) is 9.59 Å². The highest BCUT2D eigenvalue weighted by Crippen LogP contribution is 2.05. The molecule has 3 N–H and O–H groups in total. The highest BCUT2D eigenvalue weighted by atomic mass is 16.4. The molecular formula is C7H12N2O3. The van der Waals surface area contributed by atoms with Gasteiger partial charge in [-0.1, -0.05) is 0 Å². The van der Waals surface area contributed by atoms with Gasteiger partial charge in [0, 0.05) is 19.5 Å². The Morgan fingerprint density at radius 2 is 2.33 bits per heavy atom. The van der Waals surface area contributed by atoms with E-state index in [1.54, 1.807) is 6.92 Å². The number of rotatable bonds is 1. The van der Waals surface area contributed by atoms with Gasteiger partial charge >= 0.3 is 5.97 Å². The molecule has 1 aliphatic rings. The van der Waals surface area contributed by atoms with Gasteiger partial charge < -0.3 is 15.7 Å². The highest BCUT2D eigenvalue weighted by Gasteiger charge is 2.34. The molecule has 0 saturated carbocycles. The van der Waals surface area contributed by atoms with Crippen molar-refractivity contribution in [2.75, 3.05) is 13.1 Å². The minimum Gasteiger partial charge on any atom is -0.480 e. The van der Waals surface area contributed by atoms with Crippen molar-refractivity contribution in [3.63, 3.8) is 0 Å². The summed E-state index contributed by atoms with van der Waals surface area (Å²) in [6, 6.07) is 0. The summed E-state index contributed by atoms with van der Waals surface area (Å²) in [4.78, 5) is 21.6. The van der Waals surface area contributed by atoms with Gasteiger partial charge in [0.05, 0.1) is 0 Å². The monoisotopic (exact) mass is 172 g/mol. The number of carboxylic acid groups (broad SMARTS) is 1. The van der Waals surface area contributed by atoms with Crippen LogP contribution in [0.15, 0.2) is 0 Å². The van der Waals surface area contributed by atoms with Gasteiger partial charge in [-0.3, -0.25) is 9.59 Å². The Kier molecular flexibility index (Phi) is 2.32. The number of carbonyl (C=O) groups excluding carboxylic acids is 1. The van der Waals surface area contributed by atoms with Gasteiger partial charge in [-0.05, 0) is 6.92 Å². The maximum absolute atomic E-state index is 10.8. The van der Waals surface area contributed by atoms with Crippen LogP contribution in [0.4, 0.5) is 0 Å². The van der Waals surface area contributed by atoms with Crippen LogP contribution in [0.1, 0.15) is 13.3 Å². The summed E-state index contributed by atoms with van der Waals surface area (Å²) in [6.07, 6.45) is 0.336. The average molecular weight is 172 g/mol. The summed E-state index contributed by atoms with van der Waals surface area (Å²) in [5.74, 6) is -1.04. The third-order valence-electron chi connectivity index (χ3n) is 1.98. The maximum Gasteiger partial charge on any atom is 0.325 e. The van der Waals surface area contributed by atoms with E-state index in [1.807, 2.05) is 0 Å². The standard InChI is InChI=1S/C7H12N2O3/c1-7(6(11)12)4-8-5(10)2-3-9-7/h9H,2-4H2,1H3,(H,8,10)(H,11,12). The Morgan fingerprint density at radius 1 is 1.67 bits per heavy atom. The molecule has 0 aromatic rings. The van der Waals surface area contributed by atoms with E-state index in [0.29, 0.717) is 13.0 Å². The lowest BCUT2D eigenvalue weighted by molar-refractivity contribution is -0.143. The molecule has 1 unspecified atom stereocenters. The van der Waals surface area contributed by atoms with Crippen molar-refractivity contribution in [1.82, 2.24) is 10.6 Å². The molecule has 68 valence electrons. The number of amides is 1. The van der Waals surface area contributed by atoms with E-state index in [-0.39, 0.29) is 12.5 Å². The number of carbonyl (C=O) groups is 2. The molecule has 5 nitrogen and oxygen atoms in total. The second-order valence-corrected chi connectivity index (χ2v) is 3.09. The number of hydrogen-bond acceptors (Lipinski definition) is 3. The summed E-state index contributed by atoms with van der Waals surface area (Å²) in [5.41, 5.74) is -1.02. The number of carboxylic acids is 1. The van der Waals surface area contributed by atoms with Gasteiger partial charge in [-0.15, -0.1) is 0 Å². The van der Waals surface area contributed by atoms with Gasteiger partial charge in [0.2, 0.25) is 5.91 Å². The van der Waals surface area contributed by atoms with Crippen LogP contribution in [-0.4, -0.2) is 35.6 Å². The minimum absolute atomic E-state index is 0.104. The first-order chi connectivity index (χ1) is 5.54. The topological polar surface area (TPSA) is 78.4 Å². The second-order valence-electron chi connectivity index (χ2n) is 3.09. The molecule has 0 aromatic heterocycles. The summed E-state index contributed by atoms with van der Waals surface area (Å²) < 4.78 is 0. The van der Waals surface area contributed by atoms with E-state index in [4.69, 9.17) is 5.11 Å². The summed E-state index contributed by atoms with van der Waals surface area (Å²) in [7, 11) is 0. The zero-order chi connectivity index (χ0) is 9.19. The van der Waals surface area contributed by atoms with Crippen LogP contribution in [0.3, 0.4) is 0 Å². The van der Waals surface area contributed by atoms with Crippen molar-refractivity contribution in [3.05, 3.63) is 0 Å². The Balaban J connectivity index is 2.67. The van der Waals surface area contributed by atoms with Gasteiger partial charge in [0.1, 0.15) is 5.54 Å². The lowest BCUT2D eigenvalue weighted by Gasteiger charge is -2.23. The summed E-state index contributed by atoms with van der Waals surface area (Å²) in [6.45, 7) is 2.11. The SMILES string of the molecule is CC1(C(=O)O)CNC(=O)CCN1. The number of nitrogens with one attached hydrogen (secondary N) is 2. The Bertz CT molecular complexity index is 217. The van der Waals surface area contributed by atoms with E-state index >= 15 is 0 Å². The van der Waals surface area contributed by atoms with Crippen molar-refractivity contribution in [1.29, 1.82) is 0 Å². The molecule has 1 aliphatic heterocycles. The lowest BCUT2D eigenvalue weighted by Crippen LogP contribution is -2.54. The van der Waals surface area contributed by atoms with Crippen molar-refractivity contribution >= 4 is 11.9 Å². The number of hydrogen-bond donors (Lipinski definition) is 3. The quantitative estimate of drug-likeness (QED) is 0.471. The Labute approximate surface area is 70.1 Å². The maximum atomic E-state index is 10.8. The van der Waals surface area contributed by atoms with Crippen molar-refractivity contribution in [3.8, 4) is 0 Å². The Morgan fingerprint density at radius 3 is 2.92 bits per heavy atom. The molecular weight excluding hydrogens is 160 g/mol. The predicted molar refractivity (Wildman–Crippen MR) is 41.7 cm³/mol. The van der Waals surface area contributed by atoms with Gasteiger partial charge in [0.15, 0.2) is 0 Å².